The first-order valence-electron chi connectivity index (χ1n) is 9.91. The van der Waals surface area contributed by atoms with Gasteiger partial charge in [-0.2, -0.15) is 0 Å². The second-order valence-electron chi connectivity index (χ2n) is 7.19. The Morgan fingerprint density at radius 1 is 0.767 bits per heavy atom. The van der Waals surface area contributed by atoms with Gasteiger partial charge in [0.15, 0.2) is 14.7 Å². The first kappa shape index (κ1) is 22.7. The van der Waals surface area contributed by atoms with Crippen LogP contribution in [0.5, 0.6) is 5.75 Å². The van der Waals surface area contributed by atoms with E-state index in [4.69, 9.17) is 9.47 Å². The van der Waals surface area contributed by atoms with Crippen LogP contribution in [0, 0.1) is 5.92 Å². The summed E-state index contributed by atoms with van der Waals surface area (Å²) >= 11 is 2.05. The molecule has 0 N–H and O–H groups in total. The minimum Gasteiger partial charge on any atom is -0.455 e. The van der Waals surface area contributed by atoms with Crippen molar-refractivity contribution in [1.29, 1.82) is 0 Å². The average molecular weight is 533 g/mol. The van der Waals surface area contributed by atoms with E-state index in [0.29, 0.717) is 5.75 Å². The summed E-state index contributed by atoms with van der Waals surface area (Å²) in [7, 11) is -0.202. The van der Waals surface area contributed by atoms with Crippen LogP contribution in [-0.4, -0.2) is 16.2 Å². The largest absolute Gasteiger partial charge is 0.455 e. The molecule has 156 valence electrons. The second-order valence-corrected chi connectivity index (χ2v) is 11.1. The summed E-state index contributed by atoms with van der Waals surface area (Å²) in [5.74, 6) is 0.476. The third kappa shape index (κ3) is 6.01. The molecule has 0 bridgehead atoms. The molecule has 0 amide bonds. The Bertz CT molecular complexity index is 888. The highest BCUT2D eigenvalue weighted by Gasteiger charge is 2.28. The fourth-order valence-electron chi connectivity index (χ4n) is 2.81. The van der Waals surface area contributed by atoms with Crippen LogP contribution < -0.4 is 4.74 Å². The van der Waals surface area contributed by atoms with Crippen molar-refractivity contribution in [3.8, 4) is 5.75 Å². The van der Waals surface area contributed by atoms with Crippen molar-refractivity contribution in [3.63, 3.8) is 0 Å². The van der Waals surface area contributed by atoms with E-state index < -0.39 is 6.29 Å². The standard InChI is InChI=1S/C25H26IO3S/c1-18(2)25(29-24(27)19(3)26)28-20-14-16-23(17-15-20)30(21-10-6-4-7-11-21)22-12-8-5-9-13-22/h4-19,25H,1-3H3/q+1. The molecule has 3 nitrogen and oxygen atoms in total. The smallest absolute Gasteiger partial charge is 0.321 e. The zero-order valence-electron chi connectivity index (χ0n) is 17.3. The van der Waals surface area contributed by atoms with Gasteiger partial charge in [0.05, 0.1) is 10.9 Å². The number of rotatable bonds is 8. The van der Waals surface area contributed by atoms with Gasteiger partial charge in [0.1, 0.15) is 9.67 Å². The predicted octanol–water partition coefficient (Wildman–Crippen LogP) is 6.51. The van der Waals surface area contributed by atoms with Gasteiger partial charge in [-0.3, -0.25) is 4.79 Å². The molecule has 5 heteroatoms. The van der Waals surface area contributed by atoms with Gasteiger partial charge in [-0.05, 0) is 55.5 Å². The third-order valence-electron chi connectivity index (χ3n) is 4.37. The molecule has 0 saturated heterocycles. The van der Waals surface area contributed by atoms with E-state index in [9.17, 15) is 4.79 Å². The average Bonchev–Trinajstić information content (AvgIpc) is 2.76. The maximum Gasteiger partial charge on any atom is 0.321 e. The Kier molecular flexibility index (Phi) is 8.22. The molecule has 0 aliphatic rings. The van der Waals surface area contributed by atoms with E-state index >= 15 is 0 Å². The molecule has 0 fully saturated rings. The number of benzene rings is 3. The lowest BCUT2D eigenvalue weighted by atomic mass is 10.2. The lowest BCUT2D eigenvalue weighted by molar-refractivity contribution is -0.168. The first-order chi connectivity index (χ1) is 14.5. The van der Waals surface area contributed by atoms with Crippen LogP contribution in [0.25, 0.3) is 0 Å². The molecule has 0 aromatic heterocycles. The van der Waals surface area contributed by atoms with E-state index in [2.05, 4.69) is 60.7 Å². The monoisotopic (exact) mass is 533 g/mol. The van der Waals surface area contributed by atoms with E-state index in [1.54, 1.807) is 0 Å². The van der Waals surface area contributed by atoms with Gasteiger partial charge in [-0.1, -0.05) is 72.8 Å². The fourth-order valence-corrected chi connectivity index (χ4v) is 5.04. The van der Waals surface area contributed by atoms with Crippen LogP contribution in [-0.2, 0) is 20.4 Å². The second kappa shape index (κ2) is 10.9. The molecule has 0 saturated carbocycles. The molecule has 3 rings (SSSR count). The van der Waals surface area contributed by atoms with Crippen molar-refractivity contribution in [3.05, 3.63) is 84.9 Å². The maximum absolute atomic E-state index is 12.0. The minimum absolute atomic E-state index is 0.0482. The first-order valence-corrected chi connectivity index (χ1v) is 12.4. The normalized spacial score (nSPS) is 13.1. The Morgan fingerprint density at radius 3 is 1.67 bits per heavy atom. The Morgan fingerprint density at radius 2 is 1.23 bits per heavy atom. The van der Waals surface area contributed by atoms with Crippen LogP contribution in [0.1, 0.15) is 20.8 Å². The zero-order chi connectivity index (χ0) is 21.5. The van der Waals surface area contributed by atoms with Gasteiger partial charge in [0, 0.05) is 5.92 Å². The molecule has 0 aliphatic heterocycles. The van der Waals surface area contributed by atoms with Gasteiger partial charge in [0.2, 0.25) is 6.29 Å². The number of alkyl halides is 1. The number of halogens is 1. The summed E-state index contributed by atoms with van der Waals surface area (Å²) < 4.78 is 11.3. The van der Waals surface area contributed by atoms with Gasteiger partial charge in [0.25, 0.3) is 0 Å². The SMILES string of the molecule is CC(I)C(=O)OC(Oc1ccc([S+](c2ccccc2)c2ccccc2)cc1)C(C)C. The maximum atomic E-state index is 12.0. The van der Waals surface area contributed by atoms with Crippen LogP contribution in [0.3, 0.4) is 0 Å². The summed E-state index contributed by atoms with van der Waals surface area (Å²) in [6, 6.07) is 29.1. The van der Waals surface area contributed by atoms with Crippen LogP contribution in [0.4, 0.5) is 0 Å². The van der Waals surface area contributed by atoms with Gasteiger partial charge in [-0.15, -0.1) is 0 Å². The summed E-state index contributed by atoms with van der Waals surface area (Å²) in [5.41, 5.74) is 0. The zero-order valence-corrected chi connectivity index (χ0v) is 20.3. The predicted molar refractivity (Wildman–Crippen MR) is 130 cm³/mol. The molecule has 2 unspecified atom stereocenters. The summed E-state index contributed by atoms with van der Waals surface area (Å²) in [6.07, 6.45) is -0.609. The van der Waals surface area contributed by atoms with Crippen molar-refractivity contribution < 1.29 is 14.3 Å². The van der Waals surface area contributed by atoms with Crippen molar-refractivity contribution in [1.82, 2.24) is 0 Å². The number of ether oxygens (including phenoxy) is 2. The lowest BCUT2D eigenvalue weighted by Crippen LogP contribution is -2.31. The highest BCUT2D eigenvalue weighted by Crippen LogP contribution is 2.32. The van der Waals surface area contributed by atoms with Gasteiger partial charge < -0.3 is 9.47 Å². The molecule has 3 aromatic rings. The molecule has 2 atom stereocenters. The number of hydrogen-bond acceptors (Lipinski definition) is 3. The fraction of sp³-hybridized carbons (Fsp3) is 0.240. The van der Waals surface area contributed by atoms with E-state index in [1.165, 1.54) is 14.7 Å². The van der Waals surface area contributed by atoms with Crippen molar-refractivity contribution in [2.45, 2.75) is 45.7 Å². The van der Waals surface area contributed by atoms with Crippen molar-refractivity contribution in [2.24, 2.45) is 5.92 Å². The topological polar surface area (TPSA) is 35.5 Å². The summed E-state index contributed by atoms with van der Waals surface area (Å²) in [4.78, 5) is 15.7. The van der Waals surface area contributed by atoms with Crippen molar-refractivity contribution in [2.75, 3.05) is 0 Å². The molecular formula is C25H26IO3S+. The molecule has 0 spiro atoms. The van der Waals surface area contributed by atoms with Crippen molar-refractivity contribution >= 4 is 39.5 Å². The van der Waals surface area contributed by atoms with E-state index in [0.717, 1.165) is 0 Å². The van der Waals surface area contributed by atoms with Gasteiger partial charge in [-0.25, -0.2) is 0 Å². The quantitative estimate of drug-likeness (QED) is 0.109. The number of esters is 1. The molecule has 0 radical (unpaired) electrons. The van der Waals surface area contributed by atoms with Crippen LogP contribution >= 0.6 is 22.6 Å². The molecule has 30 heavy (non-hydrogen) atoms. The summed E-state index contributed by atoms with van der Waals surface area (Å²) in [5, 5.41) is 0. The van der Waals surface area contributed by atoms with Gasteiger partial charge >= 0.3 is 5.97 Å². The molecular weight excluding hydrogens is 507 g/mol. The molecule has 0 aliphatic carbocycles. The van der Waals surface area contributed by atoms with E-state index in [1.807, 2.05) is 67.6 Å². The van der Waals surface area contributed by atoms with E-state index in [-0.39, 0.29) is 26.7 Å². The summed E-state index contributed by atoms with van der Waals surface area (Å²) in [6.45, 7) is 5.77. The molecule has 0 heterocycles. The number of hydrogen-bond donors (Lipinski definition) is 0. The highest BCUT2D eigenvalue weighted by atomic mass is 127. The lowest BCUT2D eigenvalue weighted by Gasteiger charge is -2.23. The number of carbonyl (C=O) groups is 1. The Hall–Kier alpha value is -1.99. The third-order valence-corrected chi connectivity index (χ3v) is 7.11. The minimum atomic E-state index is -0.609. The highest BCUT2D eigenvalue weighted by molar-refractivity contribution is 14.1. The Balaban J connectivity index is 1.84. The number of carbonyl (C=O) groups excluding carboxylic acids is 1. The van der Waals surface area contributed by atoms with Crippen LogP contribution in [0.15, 0.2) is 99.6 Å². The molecule has 3 aromatic carbocycles. The van der Waals surface area contributed by atoms with Crippen LogP contribution in [0.2, 0.25) is 0 Å². The Labute approximate surface area is 195 Å².